The third-order valence-electron chi connectivity index (χ3n) is 6.30. The predicted octanol–water partition coefficient (Wildman–Crippen LogP) is 2.15. The molecule has 0 saturated carbocycles. The van der Waals surface area contributed by atoms with Crippen LogP contribution in [0.15, 0.2) is 11.6 Å². The maximum absolute atomic E-state index is 12.6. The summed E-state index contributed by atoms with van der Waals surface area (Å²) in [7, 11) is 0. The molecule has 134 valence electrons. The average Bonchev–Trinajstić information content (AvgIpc) is 3.14. The van der Waals surface area contributed by atoms with Crippen LogP contribution in [-0.2, 0) is 19.0 Å². The maximum Gasteiger partial charge on any atom is 0.311 e. The molecule has 0 bridgehead atoms. The third kappa shape index (κ3) is 3.14. The van der Waals surface area contributed by atoms with Gasteiger partial charge in [0.15, 0.2) is 0 Å². The van der Waals surface area contributed by atoms with E-state index in [0.717, 1.165) is 58.5 Å². The number of hydrogen-bond donors (Lipinski definition) is 0. The number of fused-ring (bicyclic) bond motifs is 3. The van der Waals surface area contributed by atoms with Crippen molar-refractivity contribution in [2.75, 3.05) is 32.8 Å². The highest BCUT2D eigenvalue weighted by molar-refractivity contribution is 5.75. The lowest BCUT2D eigenvalue weighted by Gasteiger charge is -2.30. The molecule has 1 aliphatic carbocycles. The first-order valence-electron chi connectivity index (χ1n) is 9.41. The van der Waals surface area contributed by atoms with Crippen molar-refractivity contribution in [2.45, 2.75) is 57.3 Å². The van der Waals surface area contributed by atoms with Gasteiger partial charge in [-0.05, 0) is 39.5 Å². The maximum atomic E-state index is 12.6. The van der Waals surface area contributed by atoms with Crippen molar-refractivity contribution in [3.8, 4) is 0 Å². The number of nitrogens with zero attached hydrogens (tertiary/aromatic N) is 1. The summed E-state index contributed by atoms with van der Waals surface area (Å²) in [5.74, 6) is 0.234. The normalized spacial score (nSPS) is 45.6. The molecule has 5 heteroatoms. The Hall–Kier alpha value is -0.910. The van der Waals surface area contributed by atoms with Crippen LogP contribution in [0.1, 0.15) is 39.5 Å². The molecule has 3 saturated heterocycles. The van der Waals surface area contributed by atoms with E-state index in [2.05, 4.69) is 24.8 Å². The van der Waals surface area contributed by atoms with Gasteiger partial charge >= 0.3 is 5.97 Å². The first-order chi connectivity index (χ1) is 11.6. The van der Waals surface area contributed by atoms with E-state index in [-0.39, 0.29) is 35.6 Å². The summed E-state index contributed by atoms with van der Waals surface area (Å²) >= 11 is 0. The molecule has 0 spiro atoms. The van der Waals surface area contributed by atoms with Crippen LogP contribution in [0.5, 0.6) is 0 Å². The van der Waals surface area contributed by atoms with E-state index in [1.54, 1.807) is 0 Å². The Kier molecular flexibility index (Phi) is 4.43. The molecule has 0 radical (unpaired) electrons. The minimum absolute atomic E-state index is 0.0183. The minimum Gasteiger partial charge on any atom is -0.459 e. The molecular formula is C19H29NO4. The van der Waals surface area contributed by atoms with Crippen LogP contribution in [0, 0.1) is 11.8 Å². The van der Waals surface area contributed by atoms with E-state index in [0.29, 0.717) is 0 Å². The second-order valence-electron chi connectivity index (χ2n) is 8.06. The zero-order valence-corrected chi connectivity index (χ0v) is 14.8. The number of epoxide rings is 1. The van der Waals surface area contributed by atoms with Crippen molar-refractivity contribution in [3.63, 3.8) is 0 Å². The van der Waals surface area contributed by atoms with Crippen molar-refractivity contribution in [2.24, 2.45) is 11.8 Å². The predicted molar refractivity (Wildman–Crippen MR) is 89.6 cm³/mol. The highest BCUT2D eigenvalue weighted by atomic mass is 16.6. The molecule has 3 fully saturated rings. The van der Waals surface area contributed by atoms with Gasteiger partial charge in [-0.1, -0.05) is 11.6 Å². The highest BCUT2D eigenvalue weighted by Crippen LogP contribution is 2.50. The molecular weight excluding hydrogens is 306 g/mol. The van der Waals surface area contributed by atoms with Crippen molar-refractivity contribution >= 4 is 5.97 Å². The number of carbonyl (C=O) groups excluding carboxylic acids is 1. The second-order valence-corrected chi connectivity index (χ2v) is 8.06. The van der Waals surface area contributed by atoms with Crippen molar-refractivity contribution in [3.05, 3.63) is 11.6 Å². The summed E-state index contributed by atoms with van der Waals surface area (Å²) in [5.41, 5.74) is 1.33. The van der Waals surface area contributed by atoms with E-state index >= 15 is 0 Å². The fraction of sp³-hybridized carbons (Fsp3) is 0.842. The summed E-state index contributed by atoms with van der Waals surface area (Å²) in [6.07, 6.45) is 6.53. The Balaban J connectivity index is 1.52. The molecule has 0 aromatic carbocycles. The van der Waals surface area contributed by atoms with E-state index in [9.17, 15) is 4.79 Å². The fourth-order valence-electron chi connectivity index (χ4n) is 4.61. The van der Waals surface area contributed by atoms with Gasteiger partial charge in [-0.3, -0.25) is 9.69 Å². The monoisotopic (exact) mass is 335 g/mol. The number of morpholine rings is 1. The lowest BCUT2D eigenvalue weighted by Crippen LogP contribution is -2.42. The molecule has 4 aliphatic rings. The van der Waals surface area contributed by atoms with Gasteiger partial charge < -0.3 is 14.2 Å². The highest BCUT2D eigenvalue weighted by Gasteiger charge is 2.62. The molecule has 24 heavy (non-hydrogen) atoms. The van der Waals surface area contributed by atoms with Crippen LogP contribution in [-0.4, -0.2) is 61.5 Å². The van der Waals surface area contributed by atoms with E-state index in [1.807, 2.05) is 0 Å². The Labute approximate surface area is 144 Å². The molecule has 3 aliphatic heterocycles. The molecule has 4 rings (SSSR count). The van der Waals surface area contributed by atoms with Crippen LogP contribution >= 0.6 is 0 Å². The fourth-order valence-corrected chi connectivity index (χ4v) is 4.61. The largest absolute Gasteiger partial charge is 0.459 e. The molecule has 0 amide bonds. The van der Waals surface area contributed by atoms with Gasteiger partial charge in [-0.2, -0.15) is 0 Å². The van der Waals surface area contributed by atoms with Crippen molar-refractivity contribution in [1.29, 1.82) is 0 Å². The number of allylic oxidation sites excluding steroid dienone is 2. The number of hydrogen-bond acceptors (Lipinski definition) is 5. The topological polar surface area (TPSA) is 51.3 Å². The lowest BCUT2D eigenvalue weighted by atomic mass is 9.80. The van der Waals surface area contributed by atoms with Crippen LogP contribution < -0.4 is 0 Å². The Morgan fingerprint density at radius 2 is 2.12 bits per heavy atom. The summed E-state index contributed by atoms with van der Waals surface area (Å²) in [6, 6.07) is 0. The molecule has 3 heterocycles. The Bertz CT molecular complexity index is 527. The SMILES string of the molecule is C/C1=C\CC[C@@]2(C)O[C@H]2[C@H]2OC(=O)[C@@H](CN3CCOCC3)[C@@H]2CC1. The zero-order valence-electron chi connectivity index (χ0n) is 14.8. The van der Waals surface area contributed by atoms with E-state index < -0.39 is 0 Å². The second kappa shape index (κ2) is 6.43. The summed E-state index contributed by atoms with van der Waals surface area (Å²) in [4.78, 5) is 15.0. The van der Waals surface area contributed by atoms with Gasteiger partial charge in [0, 0.05) is 25.6 Å². The standard InChI is InChI=1S/C19H29NO4/c1-13-4-3-7-19(2)17(24-19)16-14(6-5-13)15(18(21)23-16)12-20-8-10-22-11-9-20/h4,14-17H,3,5-12H2,1-2H3/b13-4+/t14-,15-,16-,17-,19+/m0/s1. The van der Waals surface area contributed by atoms with Crippen LogP contribution in [0.2, 0.25) is 0 Å². The van der Waals surface area contributed by atoms with E-state index in [1.165, 1.54) is 5.57 Å². The number of rotatable bonds is 2. The Morgan fingerprint density at radius 3 is 2.92 bits per heavy atom. The van der Waals surface area contributed by atoms with Gasteiger partial charge in [0.25, 0.3) is 0 Å². The first kappa shape index (κ1) is 16.6. The zero-order chi connectivity index (χ0) is 16.7. The van der Waals surface area contributed by atoms with Gasteiger partial charge in [0.05, 0.1) is 24.7 Å². The van der Waals surface area contributed by atoms with Crippen LogP contribution in [0.4, 0.5) is 0 Å². The molecule has 0 aromatic rings. The van der Waals surface area contributed by atoms with Gasteiger partial charge in [-0.25, -0.2) is 0 Å². The number of carbonyl (C=O) groups is 1. The van der Waals surface area contributed by atoms with Gasteiger partial charge in [-0.15, -0.1) is 0 Å². The molecule has 5 nitrogen and oxygen atoms in total. The first-order valence-corrected chi connectivity index (χ1v) is 9.41. The molecule has 0 aromatic heterocycles. The van der Waals surface area contributed by atoms with Crippen LogP contribution in [0.3, 0.4) is 0 Å². The quantitative estimate of drug-likeness (QED) is 0.440. The smallest absolute Gasteiger partial charge is 0.311 e. The van der Waals surface area contributed by atoms with Crippen molar-refractivity contribution < 1.29 is 19.0 Å². The summed E-state index contributed by atoms with van der Waals surface area (Å²) in [6.45, 7) is 8.54. The summed E-state index contributed by atoms with van der Waals surface area (Å²) in [5, 5.41) is 0. The van der Waals surface area contributed by atoms with E-state index in [4.69, 9.17) is 14.2 Å². The summed E-state index contributed by atoms with van der Waals surface area (Å²) < 4.78 is 17.3. The molecule has 0 unspecified atom stereocenters. The van der Waals surface area contributed by atoms with Crippen molar-refractivity contribution in [1.82, 2.24) is 4.90 Å². The molecule has 5 atom stereocenters. The number of esters is 1. The van der Waals surface area contributed by atoms with Gasteiger partial charge in [0.1, 0.15) is 12.2 Å². The number of ether oxygens (including phenoxy) is 3. The molecule has 0 N–H and O–H groups in total. The third-order valence-corrected chi connectivity index (χ3v) is 6.30. The Morgan fingerprint density at radius 1 is 1.33 bits per heavy atom. The van der Waals surface area contributed by atoms with Gasteiger partial charge in [0.2, 0.25) is 0 Å². The minimum atomic E-state index is -0.106. The lowest BCUT2D eigenvalue weighted by molar-refractivity contribution is -0.145. The van der Waals surface area contributed by atoms with Crippen LogP contribution in [0.25, 0.3) is 0 Å². The average molecular weight is 335 g/mol.